The minimum absolute atomic E-state index is 0.0116. The number of nitrogens with one attached hydrogen (secondary N) is 1. The molecule has 38 heavy (non-hydrogen) atoms. The van der Waals surface area contributed by atoms with Gasteiger partial charge in [0.05, 0.1) is 15.6 Å². The van der Waals surface area contributed by atoms with Crippen LogP contribution in [0, 0.1) is 0 Å². The number of carbonyl (C=O) groups is 2. The van der Waals surface area contributed by atoms with E-state index in [9.17, 15) is 9.59 Å². The lowest BCUT2D eigenvalue weighted by atomic mass is 9.80. The van der Waals surface area contributed by atoms with Crippen LogP contribution in [-0.4, -0.2) is 43.4 Å². The van der Waals surface area contributed by atoms with Crippen LogP contribution < -0.4 is 10.2 Å². The summed E-state index contributed by atoms with van der Waals surface area (Å²) in [5.74, 6) is 0.140. The highest BCUT2D eigenvalue weighted by Crippen LogP contribution is 2.35. The molecule has 0 aromatic heterocycles. The lowest BCUT2D eigenvalue weighted by molar-refractivity contribution is -0.121. The van der Waals surface area contributed by atoms with Gasteiger partial charge >= 0.3 is 0 Å². The molecule has 1 fully saturated rings. The summed E-state index contributed by atoms with van der Waals surface area (Å²) in [5.41, 5.74) is 3.61. The summed E-state index contributed by atoms with van der Waals surface area (Å²) < 4.78 is 0. The number of likely N-dealkylation sites (N-methyl/N-ethyl adjacent to an activating group) is 1. The smallest absolute Gasteiger partial charge is 0.253 e. The van der Waals surface area contributed by atoms with Crippen molar-refractivity contribution in [2.75, 3.05) is 31.6 Å². The molecule has 1 saturated heterocycles. The van der Waals surface area contributed by atoms with Gasteiger partial charge in [-0.1, -0.05) is 66.5 Å². The Kier molecular flexibility index (Phi) is 9.01. The zero-order chi connectivity index (χ0) is 27.3. The standard InChI is InChI=1S/C31H35Cl2N3O2/c1-4-23(25-12-15-28(32)29(33)20-25)21-35(3)30(38)24-10-13-27(14-11-24)36-18-16-31(17-19-36,34-22(2)37)26-8-6-5-7-9-26/h5-15,20,23H,4,16-19,21H2,1-3H3,(H,34,37). The number of anilines is 1. The zero-order valence-electron chi connectivity index (χ0n) is 22.2. The number of carbonyl (C=O) groups excluding carboxylic acids is 2. The number of hydrogen-bond acceptors (Lipinski definition) is 3. The van der Waals surface area contributed by atoms with Gasteiger partial charge in [-0.2, -0.15) is 0 Å². The van der Waals surface area contributed by atoms with Crippen molar-refractivity contribution in [3.63, 3.8) is 0 Å². The molecule has 4 rings (SSSR count). The highest BCUT2D eigenvalue weighted by molar-refractivity contribution is 6.42. The molecular weight excluding hydrogens is 517 g/mol. The second-order valence-electron chi connectivity index (χ2n) is 10.1. The number of halogens is 2. The van der Waals surface area contributed by atoms with Crippen LogP contribution in [0.3, 0.4) is 0 Å². The number of nitrogens with zero attached hydrogens (tertiary/aromatic N) is 2. The van der Waals surface area contributed by atoms with Gasteiger partial charge in [0, 0.05) is 50.8 Å². The Morgan fingerprint density at radius 2 is 1.63 bits per heavy atom. The van der Waals surface area contributed by atoms with E-state index in [1.165, 1.54) is 0 Å². The van der Waals surface area contributed by atoms with Crippen LogP contribution in [0.5, 0.6) is 0 Å². The van der Waals surface area contributed by atoms with Crippen molar-refractivity contribution in [3.8, 4) is 0 Å². The molecule has 1 aliphatic rings. The molecule has 0 bridgehead atoms. The van der Waals surface area contributed by atoms with Crippen LogP contribution in [0.25, 0.3) is 0 Å². The van der Waals surface area contributed by atoms with Crippen molar-refractivity contribution in [1.82, 2.24) is 10.2 Å². The second-order valence-corrected chi connectivity index (χ2v) is 10.9. The molecule has 3 aromatic rings. The SMILES string of the molecule is CCC(CN(C)C(=O)c1ccc(N2CCC(NC(C)=O)(c3ccccc3)CC2)cc1)c1ccc(Cl)c(Cl)c1. The summed E-state index contributed by atoms with van der Waals surface area (Å²) in [4.78, 5) is 29.3. The van der Waals surface area contributed by atoms with Crippen LogP contribution >= 0.6 is 23.2 Å². The summed E-state index contributed by atoms with van der Waals surface area (Å²) in [6.45, 7) is 5.90. The van der Waals surface area contributed by atoms with Gasteiger partial charge in [-0.15, -0.1) is 0 Å². The van der Waals surface area contributed by atoms with Gasteiger partial charge in [-0.05, 0) is 66.8 Å². The molecule has 1 atom stereocenters. The maximum atomic E-state index is 13.2. The molecule has 1 heterocycles. The van der Waals surface area contributed by atoms with Crippen LogP contribution in [0.1, 0.15) is 60.5 Å². The highest BCUT2D eigenvalue weighted by atomic mass is 35.5. The number of rotatable bonds is 8. The minimum Gasteiger partial charge on any atom is -0.371 e. The van der Waals surface area contributed by atoms with Gasteiger partial charge in [0.25, 0.3) is 5.91 Å². The first-order chi connectivity index (χ1) is 18.2. The summed E-state index contributed by atoms with van der Waals surface area (Å²) in [6, 6.07) is 23.7. The Morgan fingerprint density at radius 1 is 0.974 bits per heavy atom. The fourth-order valence-corrected chi connectivity index (χ4v) is 5.72. The number of benzene rings is 3. The van der Waals surface area contributed by atoms with Crippen LogP contribution in [0.4, 0.5) is 5.69 Å². The molecule has 1 unspecified atom stereocenters. The fourth-order valence-electron chi connectivity index (χ4n) is 5.41. The van der Waals surface area contributed by atoms with Crippen LogP contribution in [0.2, 0.25) is 10.0 Å². The molecule has 0 spiro atoms. The van der Waals surface area contributed by atoms with Gasteiger partial charge in [0.15, 0.2) is 0 Å². The third kappa shape index (κ3) is 6.33. The molecule has 3 aromatic carbocycles. The van der Waals surface area contributed by atoms with Crippen molar-refractivity contribution in [2.45, 2.75) is 44.6 Å². The minimum atomic E-state index is -0.355. The van der Waals surface area contributed by atoms with E-state index < -0.39 is 0 Å². The summed E-state index contributed by atoms with van der Waals surface area (Å²) >= 11 is 12.3. The van der Waals surface area contributed by atoms with Gasteiger partial charge < -0.3 is 15.1 Å². The van der Waals surface area contributed by atoms with Crippen molar-refractivity contribution in [1.29, 1.82) is 0 Å². The Morgan fingerprint density at radius 3 is 2.21 bits per heavy atom. The number of hydrogen-bond donors (Lipinski definition) is 1. The molecule has 5 nitrogen and oxygen atoms in total. The summed E-state index contributed by atoms with van der Waals surface area (Å²) in [5, 5.41) is 4.29. The first-order valence-corrected chi connectivity index (χ1v) is 13.9. The van der Waals surface area contributed by atoms with Crippen molar-refractivity contribution in [3.05, 3.63) is 99.5 Å². The average Bonchev–Trinajstić information content (AvgIpc) is 2.93. The van der Waals surface area contributed by atoms with E-state index in [1.54, 1.807) is 11.8 Å². The molecule has 1 N–H and O–H groups in total. The van der Waals surface area contributed by atoms with E-state index in [0.717, 1.165) is 49.2 Å². The normalized spacial score (nSPS) is 15.6. The van der Waals surface area contributed by atoms with E-state index in [0.29, 0.717) is 22.2 Å². The summed E-state index contributed by atoms with van der Waals surface area (Å²) in [7, 11) is 1.84. The lowest BCUT2D eigenvalue weighted by Gasteiger charge is -2.43. The molecule has 0 radical (unpaired) electrons. The van der Waals surface area contributed by atoms with Gasteiger partial charge in [0.1, 0.15) is 0 Å². The van der Waals surface area contributed by atoms with E-state index in [2.05, 4.69) is 29.3 Å². The van der Waals surface area contributed by atoms with E-state index >= 15 is 0 Å². The van der Waals surface area contributed by atoms with Gasteiger partial charge in [-0.25, -0.2) is 0 Å². The maximum Gasteiger partial charge on any atom is 0.253 e. The molecule has 200 valence electrons. The largest absolute Gasteiger partial charge is 0.371 e. The Balaban J connectivity index is 1.40. The van der Waals surface area contributed by atoms with Gasteiger partial charge in [0.2, 0.25) is 5.91 Å². The molecule has 0 saturated carbocycles. The Bertz CT molecular complexity index is 1260. The van der Waals surface area contributed by atoms with Crippen LogP contribution in [0.15, 0.2) is 72.8 Å². The number of piperidine rings is 1. The second kappa shape index (κ2) is 12.2. The van der Waals surface area contributed by atoms with Crippen molar-refractivity contribution >= 4 is 40.7 Å². The first-order valence-electron chi connectivity index (χ1n) is 13.1. The third-order valence-electron chi connectivity index (χ3n) is 7.59. The topological polar surface area (TPSA) is 52.7 Å². The van der Waals surface area contributed by atoms with E-state index in [4.69, 9.17) is 23.2 Å². The Hall–Kier alpha value is -3.02. The summed E-state index contributed by atoms with van der Waals surface area (Å²) in [6.07, 6.45) is 2.51. The molecule has 1 aliphatic heterocycles. The monoisotopic (exact) mass is 551 g/mol. The molecule has 2 amide bonds. The predicted molar refractivity (Wildman–Crippen MR) is 156 cm³/mol. The average molecular weight is 553 g/mol. The highest BCUT2D eigenvalue weighted by Gasteiger charge is 2.37. The molecular formula is C31H35Cl2N3O2. The van der Waals surface area contributed by atoms with Crippen molar-refractivity contribution in [2.24, 2.45) is 0 Å². The van der Waals surface area contributed by atoms with Crippen LogP contribution in [-0.2, 0) is 10.3 Å². The number of amides is 2. The molecule has 0 aliphatic carbocycles. The van der Waals surface area contributed by atoms with E-state index in [-0.39, 0.29) is 23.3 Å². The zero-order valence-corrected chi connectivity index (χ0v) is 23.7. The third-order valence-corrected chi connectivity index (χ3v) is 8.33. The molecule has 7 heteroatoms. The van der Waals surface area contributed by atoms with Crippen molar-refractivity contribution < 1.29 is 9.59 Å². The first kappa shape index (κ1) is 28.0. The lowest BCUT2D eigenvalue weighted by Crippen LogP contribution is -2.52. The van der Waals surface area contributed by atoms with E-state index in [1.807, 2.05) is 67.7 Å². The maximum absolute atomic E-state index is 13.2. The Labute approximate surface area is 235 Å². The fraction of sp³-hybridized carbons (Fsp3) is 0.355. The predicted octanol–water partition coefficient (Wildman–Crippen LogP) is 6.89. The quantitative estimate of drug-likeness (QED) is 0.331. The van der Waals surface area contributed by atoms with Gasteiger partial charge in [-0.3, -0.25) is 9.59 Å².